The van der Waals surface area contributed by atoms with Crippen molar-refractivity contribution in [2.75, 3.05) is 19.0 Å². The smallest absolute Gasteiger partial charge is 0.150 e. The Morgan fingerprint density at radius 3 is 2.44 bits per heavy atom. The predicted molar refractivity (Wildman–Crippen MR) is 56.0 cm³/mol. The molecule has 0 saturated carbocycles. The van der Waals surface area contributed by atoms with Gasteiger partial charge in [0.1, 0.15) is 5.69 Å². The van der Waals surface area contributed by atoms with Gasteiger partial charge in [-0.2, -0.15) is 5.26 Å². The molecule has 0 spiro atoms. The van der Waals surface area contributed by atoms with Crippen molar-refractivity contribution in [2.24, 2.45) is 0 Å². The molecule has 0 bridgehead atoms. The Bertz CT molecular complexity index is 392. The standard InChI is InChI=1S/C11H12F2N2O/c1-7(16-2)6-15-11-9(12)3-8(5-14)4-10(11)13/h3-4,7,15H,6H2,1-2H3. The van der Waals surface area contributed by atoms with Crippen molar-refractivity contribution in [3.63, 3.8) is 0 Å². The first kappa shape index (κ1) is 12.4. The Morgan fingerprint density at radius 2 is 2.00 bits per heavy atom. The lowest BCUT2D eigenvalue weighted by atomic mass is 10.2. The molecular formula is C11H12F2N2O. The summed E-state index contributed by atoms with van der Waals surface area (Å²) in [6.45, 7) is 2.06. The lowest BCUT2D eigenvalue weighted by Gasteiger charge is -2.13. The summed E-state index contributed by atoms with van der Waals surface area (Å²) in [5.41, 5.74) is -0.275. The van der Waals surface area contributed by atoms with E-state index >= 15 is 0 Å². The van der Waals surface area contributed by atoms with Crippen molar-refractivity contribution in [3.05, 3.63) is 29.3 Å². The second kappa shape index (κ2) is 5.42. The lowest BCUT2D eigenvalue weighted by Crippen LogP contribution is -2.19. The zero-order valence-corrected chi connectivity index (χ0v) is 9.05. The fraction of sp³-hybridized carbons (Fsp3) is 0.364. The Kier molecular flexibility index (Phi) is 4.20. The maximum Gasteiger partial charge on any atom is 0.150 e. The quantitative estimate of drug-likeness (QED) is 0.856. The van der Waals surface area contributed by atoms with Gasteiger partial charge in [0.2, 0.25) is 0 Å². The highest BCUT2D eigenvalue weighted by Crippen LogP contribution is 2.20. The highest BCUT2D eigenvalue weighted by Gasteiger charge is 2.11. The summed E-state index contributed by atoms with van der Waals surface area (Å²) in [5.74, 6) is -1.56. The van der Waals surface area contributed by atoms with Gasteiger partial charge in [0.15, 0.2) is 11.6 Å². The summed E-state index contributed by atoms with van der Waals surface area (Å²) in [6, 6.07) is 3.66. The van der Waals surface area contributed by atoms with E-state index in [9.17, 15) is 8.78 Å². The Balaban J connectivity index is 2.85. The molecule has 0 fully saturated rings. The molecule has 0 aliphatic carbocycles. The molecule has 0 radical (unpaired) electrons. The van der Waals surface area contributed by atoms with E-state index in [-0.39, 0.29) is 23.9 Å². The van der Waals surface area contributed by atoms with Crippen LogP contribution >= 0.6 is 0 Å². The third-order valence-corrected chi connectivity index (χ3v) is 2.14. The van der Waals surface area contributed by atoms with Crippen LogP contribution in [0.2, 0.25) is 0 Å². The molecule has 0 aliphatic heterocycles. The number of methoxy groups -OCH3 is 1. The Morgan fingerprint density at radius 1 is 1.44 bits per heavy atom. The first-order valence-electron chi connectivity index (χ1n) is 4.74. The summed E-state index contributed by atoms with van der Waals surface area (Å²) in [4.78, 5) is 0. The highest BCUT2D eigenvalue weighted by atomic mass is 19.1. The number of hydrogen-bond donors (Lipinski definition) is 1. The summed E-state index contributed by atoms with van der Waals surface area (Å²) in [7, 11) is 1.51. The topological polar surface area (TPSA) is 45.0 Å². The van der Waals surface area contributed by atoms with Gasteiger partial charge in [0.05, 0.1) is 17.7 Å². The number of nitrogens with one attached hydrogen (secondary N) is 1. The molecule has 1 aromatic rings. The van der Waals surface area contributed by atoms with Crippen LogP contribution in [0.3, 0.4) is 0 Å². The molecule has 16 heavy (non-hydrogen) atoms. The van der Waals surface area contributed by atoms with E-state index in [0.717, 1.165) is 12.1 Å². The lowest BCUT2D eigenvalue weighted by molar-refractivity contribution is 0.128. The van der Waals surface area contributed by atoms with Crippen LogP contribution in [0.15, 0.2) is 12.1 Å². The van der Waals surface area contributed by atoms with E-state index in [1.807, 2.05) is 0 Å². The minimum absolute atomic E-state index is 0.0414. The minimum atomic E-state index is -0.778. The maximum atomic E-state index is 13.4. The van der Waals surface area contributed by atoms with Crippen LogP contribution in [-0.4, -0.2) is 19.8 Å². The fourth-order valence-electron chi connectivity index (χ4n) is 1.14. The van der Waals surface area contributed by atoms with Gasteiger partial charge >= 0.3 is 0 Å². The molecular weight excluding hydrogens is 214 g/mol. The average Bonchev–Trinajstić information content (AvgIpc) is 2.27. The van der Waals surface area contributed by atoms with Crippen molar-refractivity contribution in [1.82, 2.24) is 0 Å². The third-order valence-electron chi connectivity index (χ3n) is 2.14. The predicted octanol–water partition coefficient (Wildman–Crippen LogP) is 2.28. The average molecular weight is 226 g/mol. The zero-order valence-electron chi connectivity index (χ0n) is 9.05. The molecule has 0 heterocycles. The van der Waals surface area contributed by atoms with Gasteiger partial charge in [-0.15, -0.1) is 0 Å². The largest absolute Gasteiger partial charge is 0.380 e. The van der Waals surface area contributed by atoms with Crippen LogP contribution in [0.5, 0.6) is 0 Å². The number of nitrogens with zero attached hydrogens (tertiary/aromatic N) is 1. The normalized spacial score (nSPS) is 11.9. The van der Waals surface area contributed by atoms with E-state index in [1.54, 1.807) is 13.0 Å². The number of hydrogen-bond acceptors (Lipinski definition) is 3. The second-order valence-electron chi connectivity index (χ2n) is 3.35. The van der Waals surface area contributed by atoms with Gasteiger partial charge in [0.25, 0.3) is 0 Å². The number of ether oxygens (including phenoxy) is 1. The van der Waals surface area contributed by atoms with E-state index in [1.165, 1.54) is 7.11 Å². The van der Waals surface area contributed by atoms with Crippen LogP contribution in [0.4, 0.5) is 14.5 Å². The number of halogens is 2. The number of nitriles is 1. The molecule has 3 nitrogen and oxygen atoms in total. The molecule has 1 unspecified atom stereocenters. The number of anilines is 1. The summed E-state index contributed by atoms with van der Waals surface area (Å²) >= 11 is 0. The number of benzene rings is 1. The van der Waals surface area contributed by atoms with E-state index in [4.69, 9.17) is 10.00 Å². The van der Waals surface area contributed by atoms with Crippen LogP contribution in [0, 0.1) is 23.0 Å². The Hall–Kier alpha value is -1.67. The van der Waals surface area contributed by atoms with Crippen LogP contribution in [0.25, 0.3) is 0 Å². The highest BCUT2D eigenvalue weighted by molar-refractivity contribution is 5.50. The second-order valence-corrected chi connectivity index (χ2v) is 3.35. The first-order valence-corrected chi connectivity index (χ1v) is 4.74. The Labute approximate surface area is 92.6 Å². The molecule has 5 heteroatoms. The van der Waals surface area contributed by atoms with Gasteiger partial charge < -0.3 is 10.1 Å². The van der Waals surface area contributed by atoms with Crippen molar-refractivity contribution in [3.8, 4) is 6.07 Å². The third kappa shape index (κ3) is 2.91. The monoisotopic (exact) mass is 226 g/mol. The zero-order chi connectivity index (χ0) is 12.1. The first-order chi connectivity index (χ1) is 7.58. The van der Waals surface area contributed by atoms with E-state index < -0.39 is 11.6 Å². The van der Waals surface area contributed by atoms with Crippen LogP contribution in [-0.2, 0) is 4.74 Å². The molecule has 1 N–H and O–H groups in total. The van der Waals surface area contributed by atoms with Gasteiger partial charge in [-0.1, -0.05) is 0 Å². The van der Waals surface area contributed by atoms with Crippen molar-refractivity contribution in [2.45, 2.75) is 13.0 Å². The molecule has 86 valence electrons. The molecule has 1 rings (SSSR count). The molecule has 1 aromatic carbocycles. The molecule has 0 amide bonds. The maximum absolute atomic E-state index is 13.4. The molecule has 1 atom stereocenters. The SMILES string of the molecule is COC(C)CNc1c(F)cc(C#N)cc1F. The molecule has 0 aliphatic rings. The van der Waals surface area contributed by atoms with Crippen LogP contribution in [0.1, 0.15) is 12.5 Å². The van der Waals surface area contributed by atoms with Gasteiger partial charge in [-0.25, -0.2) is 8.78 Å². The van der Waals surface area contributed by atoms with Gasteiger partial charge in [-0.05, 0) is 19.1 Å². The minimum Gasteiger partial charge on any atom is -0.380 e. The summed E-state index contributed by atoms with van der Waals surface area (Å²) in [5, 5.41) is 11.1. The fourth-order valence-corrected chi connectivity index (χ4v) is 1.14. The van der Waals surface area contributed by atoms with E-state index in [2.05, 4.69) is 5.32 Å². The van der Waals surface area contributed by atoms with Crippen molar-refractivity contribution >= 4 is 5.69 Å². The summed E-state index contributed by atoms with van der Waals surface area (Å²) in [6.07, 6.45) is -0.158. The molecule has 0 aromatic heterocycles. The van der Waals surface area contributed by atoms with Crippen LogP contribution < -0.4 is 5.32 Å². The van der Waals surface area contributed by atoms with Crippen molar-refractivity contribution in [1.29, 1.82) is 5.26 Å². The van der Waals surface area contributed by atoms with Gasteiger partial charge in [0, 0.05) is 13.7 Å². The van der Waals surface area contributed by atoms with E-state index in [0.29, 0.717) is 0 Å². The van der Waals surface area contributed by atoms with Gasteiger partial charge in [-0.3, -0.25) is 0 Å². The van der Waals surface area contributed by atoms with Crippen molar-refractivity contribution < 1.29 is 13.5 Å². The summed E-state index contributed by atoms with van der Waals surface area (Å²) < 4.78 is 31.7. The number of rotatable bonds is 4. The molecule has 0 saturated heterocycles.